The van der Waals surface area contributed by atoms with Crippen molar-refractivity contribution in [2.75, 3.05) is 13.1 Å². The molecule has 1 aromatic carbocycles. The van der Waals surface area contributed by atoms with Crippen LogP contribution >= 0.6 is 0 Å². The maximum atomic E-state index is 9.21. The van der Waals surface area contributed by atoms with Crippen molar-refractivity contribution in [3.63, 3.8) is 0 Å². The largest absolute Gasteiger partial charge is 0.508 e. The van der Waals surface area contributed by atoms with Crippen LogP contribution in [-0.4, -0.2) is 34.0 Å². The SMILES string of the molecule is CC1CN(Cc2ccc(O)cc2)CC/C1=N\O. The van der Waals surface area contributed by atoms with E-state index < -0.39 is 0 Å². The van der Waals surface area contributed by atoms with Crippen LogP contribution in [0, 0.1) is 5.92 Å². The molecule has 1 aliphatic heterocycles. The van der Waals surface area contributed by atoms with Gasteiger partial charge in [0.15, 0.2) is 0 Å². The molecule has 0 amide bonds. The van der Waals surface area contributed by atoms with E-state index in [9.17, 15) is 5.11 Å². The van der Waals surface area contributed by atoms with Gasteiger partial charge in [-0.2, -0.15) is 0 Å². The second-order valence-corrected chi connectivity index (χ2v) is 4.64. The molecule has 1 unspecified atom stereocenters. The Morgan fingerprint density at radius 1 is 1.35 bits per heavy atom. The zero-order valence-electron chi connectivity index (χ0n) is 10.0. The molecule has 2 rings (SSSR count). The van der Waals surface area contributed by atoms with Crippen molar-refractivity contribution in [1.82, 2.24) is 4.90 Å². The molecule has 1 saturated heterocycles. The Hall–Kier alpha value is -1.55. The van der Waals surface area contributed by atoms with Gasteiger partial charge in [0.2, 0.25) is 0 Å². The smallest absolute Gasteiger partial charge is 0.115 e. The first-order valence-electron chi connectivity index (χ1n) is 5.90. The Balaban J connectivity index is 1.95. The Morgan fingerprint density at radius 3 is 2.65 bits per heavy atom. The van der Waals surface area contributed by atoms with Crippen LogP contribution < -0.4 is 0 Å². The fraction of sp³-hybridized carbons (Fsp3) is 0.462. The van der Waals surface area contributed by atoms with E-state index in [1.54, 1.807) is 12.1 Å². The average molecular weight is 234 g/mol. The van der Waals surface area contributed by atoms with Gasteiger partial charge in [-0.25, -0.2) is 0 Å². The number of piperidine rings is 1. The van der Waals surface area contributed by atoms with Crippen LogP contribution in [0.4, 0.5) is 0 Å². The van der Waals surface area contributed by atoms with Crippen molar-refractivity contribution < 1.29 is 10.3 Å². The number of nitrogens with zero attached hydrogens (tertiary/aromatic N) is 2. The third kappa shape index (κ3) is 2.97. The minimum Gasteiger partial charge on any atom is -0.508 e. The standard InChI is InChI=1S/C13H18N2O2/c1-10-8-15(7-6-13(10)14-17)9-11-2-4-12(16)5-3-11/h2-5,10,16-17H,6-9H2,1H3/b14-13+. The van der Waals surface area contributed by atoms with E-state index in [1.807, 2.05) is 12.1 Å². The van der Waals surface area contributed by atoms with E-state index in [4.69, 9.17) is 5.21 Å². The molecule has 0 radical (unpaired) electrons. The van der Waals surface area contributed by atoms with E-state index in [2.05, 4.69) is 17.0 Å². The van der Waals surface area contributed by atoms with Crippen molar-refractivity contribution in [3.05, 3.63) is 29.8 Å². The molecule has 4 heteroatoms. The van der Waals surface area contributed by atoms with Gasteiger partial charge < -0.3 is 10.3 Å². The van der Waals surface area contributed by atoms with Gasteiger partial charge in [-0.1, -0.05) is 24.2 Å². The number of rotatable bonds is 2. The number of likely N-dealkylation sites (tertiary alicyclic amines) is 1. The Morgan fingerprint density at radius 2 is 2.06 bits per heavy atom. The zero-order valence-corrected chi connectivity index (χ0v) is 10.0. The first-order valence-corrected chi connectivity index (χ1v) is 5.90. The molecule has 1 fully saturated rings. The van der Waals surface area contributed by atoms with Crippen LogP contribution in [0.25, 0.3) is 0 Å². The molecular formula is C13H18N2O2. The molecule has 1 heterocycles. The summed E-state index contributed by atoms with van der Waals surface area (Å²) < 4.78 is 0. The number of aromatic hydroxyl groups is 1. The predicted molar refractivity (Wildman–Crippen MR) is 66.4 cm³/mol. The number of hydrogen-bond donors (Lipinski definition) is 2. The van der Waals surface area contributed by atoms with E-state index in [0.717, 1.165) is 31.8 Å². The quantitative estimate of drug-likeness (QED) is 0.608. The van der Waals surface area contributed by atoms with Crippen molar-refractivity contribution >= 4 is 5.71 Å². The first kappa shape index (κ1) is 11.9. The highest BCUT2D eigenvalue weighted by atomic mass is 16.4. The summed E-state index contributed by atoms with van der Waals surface area (Å²) in [6.45, 7) is 4.80. The third-order valence-electron chi connectivity index (χ3n) is 3.26. The minimum atomic E-state index is 0.301. The summed E-state index contributed by atoms with van der Waals surface area (Å²) in [5.41, 5.74) is 2.09. The van der Waals surface area contributed by atoms with E-state index in [-0.39, 0.29) is 0 Å². The second kappa shape index (κ2) is 5.19. The molecule has 1 aliphatic rings. The molecule has 92 valence electrons. The Kier molecular flexibility index (Phi) is 3.64. The van der Waals surface area contributed by atoms with Gasteiger partial charge in [0.25, 0.3) is 0 Å². The number of hydrogen-bond acceptors (Lipinski definition) is 4. The highest BCUT2D eigenvalue weighted by molar-refractivity contribution is 5.86. The monoisotopic (exact) mass is 234 g/mol. The van der Waals surface area contributed by atoms with Gasteiger partial charge in [0, 0.05) is 32.0 Å². The third-order valence-corrected chi connectivity index (χ3v) is 3.26. The van der Waals surface area contributed by atoms with Crippen molar-refractivity contribution in [2.24, 2.45) is 11.1 Å². The summed E-state index contributed by atoms with van der Waals surface area (Å²) in [7, 11) is 0. The van der Waals surface area contributed by atoms with Crippen molar-refractivity contribution in [2.45, 2.75) is 19.9 Å². The van der Waals surface area contributed by atoms with Gasteiger partial charge in [-0.15, -0.1) is 0 Å². The Labute approximate surface area is 101 Å². The van der Waals surface area contributed by atoms with Crippen LogP contribution in [0.5, 0.6) is 5.75 Å². The summed E-state index contributed by atoms with van der Waals surface area (Å²) in [5, 5.41) is 21.4. The van der Waals surface area contributed by atoms with Crippen LogP contribution in [0.3, 0.4) is 0 Å². The molecule has 1 aromatic rings. The highest BCUT2D eigenvalue weighted by Crippen LogP contribution is 2.17. The van der Waals surface area contributed by atoms with Crippen LogP contribution in [0.15, 0.2) is 29.4 Å². The normalized spacial score (nSPS) is 24.1. The highest BCUT2D eigenvalue weighted by Gasteiger charge is 2.22. The lowest BCUT2D eigenvalue weighted by atomic mass is 9.97. The zero-order chi connectivity index (χ0) is 12.3. The van der Waals surface area contributed by atoms with E-state index >= 15 is 0 Å². The summed E-state index contributed by atoms with van der Waals surface area (Å²) in [5.74, 6) is 0.612. The fourth-order valence-corrected chi connectivity index (χ4v) is 2.25. The lowest BCUT2D eigenvalue weighted by Crippen LogP contribution is -2.39. The van der Waals surface area contributed by atoms with Crippen LogP contribution in [-0.2, 0) is 6.54 Å². The summed E-state index contributed by atoms with van der Waals surface area (Å²) in [6.07, 6.45) is 0.829. The topological polar surface area (TPSA) is 56.1 Å². The number of benzene rings is 1. The number of oxime groups is 1. The molecule has 0 aliphatic carbocycles. The van der Waals surface area contributed by atoms with Gasteiger partial charge in [0.1, 0.15) is 5.75 Å². The summed E-state index contributed by atoms with van der Waals surface area (Å²) in [4.78, 5) is 2.34. The fourth-order valence-electron chi connectivity index (χ4n) is 2.25. The molecule has 2 N–H and O–H groups in total. The van der Waals surface area contributed by atoms with Gasteiger partial charge in [-0.05, 0) is 17.7 Å². The van der Waals surface area contributed by atoms with E-state index in [1.165, 1.54) is 5.56 Å². The predicted octanol–water partition coefficient (Wildman–Crippen LogP) is 2.06. The van der Waals surface area contributed by atoms with E-state index in [0.29, 0.717) is 11.7 Å². The van der Waals surface area contributed by atoms with Crippen LogP contribution in [0.1, 0.15) is 18.9 Å². The molecule has 1 atom stereocenters. The maximum Gasteiger partial charge on any atom is 0.115 e. The van der Waals surface area contributed by atoms with Gasteiger partial charge >= 0.3 is 0 Å². The summed E-state index contributed by atoms with van der Waals surface area (Å²) >= 11 is 0. The lowest BCUT2D eigenvalue weighted by Gasteiger charge is -2.31. The van der Waals surface area contributed by atoms with Gasteiger partial charge in [0.05, 0.1) is 5.71 Å². The van der Waals surface area contributed by atoms with Crippen molar-refractivity contribution in [1.29, 1.82) is 0 Å². The molecule has 17 heavy (non-hydrogen) atoms. The maximum absolute atomic E-state index is 9.21. The molecule has 4 nitrogen and oxygen atoms in total. The molecule has 0 bridgehead atoms. The lowest BCUT2D eigenvalue weighted by molar-refractivity contribution is 0.228. The molecule has 0 saturated carbocycles. The van der Waals surface area contributed by atoms with Crippen LogP contribution in [0.2, 0.25) is 0 Å². The molecule has 0 spiro atoms. The van der Waals surface area contributed by atoms with Gasteiger partial charge in [-0.3, -0.25) is 4.90 Å². The average Bonchev–Trinajstić information content (AvgIpc) is 2.32. The number of phenolic OH excluding ortho intramolecular Hbond substituents is 1. The Bertz CT molecular complexity index is 400. The number of phenols is 1. The van der Waals surface area contributed by atoms with Crippen molar-refractivity contribution in [3.8, 4) is 5.75 Å². The minimum absolute atomic E-state index is 0.301. The second-order valence-electron chi connectivity index (χ2n) is 4.64. The molecule has 0 aromatic heterocycles. The summed E-state index contributed by atoms with van der Waals surface area (Å²) in [6, 6.07) is 7.30. The molecular weight excluding hydrogens is 216 g/mol. The first-order chi connectivity index (χ1) is 8.19.